The lowest BCUT2D eigenvalue weighted by atomic mass is 9.81. The molecule has 1 aromatic rings. The second-order valence-electron chi connectivity index (χ2n) is 6.12. The van der Waals surface area contributed by atoms with Gasteiger partial charge in [0.05, 0.1) is 18.2 Å². The molecular formula is C15H24N4O3. The molecule has 0 aromatic carbocycles. The minimum atomic E-state index is -0.660. The third kappa shape index (κ3) is 2.80. The number of carbonyl (C=O) groups excluding carboxylic acids is 2. The molecule has 1 aliphatic rings. The van der Waals surface area contributed by atoms with E-state index in [1.807, 2.05) is 26.8 Å². The molecule has 0 spiro atoms. The highest BCUT2D eigenvalue weighted by atomic mass is 16.5. The van der Waals surface area contributed by atoms with E-state index in [0.29, 0.717) is 18.9 Å². The second kappa shape index (κ2) is 5.98. The van der Waals surface area contributed by atoms with Gasteiger partial charge in [-0.25, -0.2) is 4.79 Å². The van der Waals surface area contributed by atoms with Gasteiger partial charge in [0.1, 0.15) is 5.82 Å². The van der Waals surface area contributed by atoms with Gasteiger partial charge in [-0.2, -0.15) is 5.10 Å². The number of aromatic nitrogens is 2. The lowest BCUT2D eigenvalue weighted by Crippen LogP contribution is -2.38. The van der Waals surface area contributed by atoms with E-state index in [-0.39, 0.29) is 17.9 Å². The van der Waals surface area contributed by atoms with Crippen LogP contribution in [-0.4, -0.2) is 46.9 Å². The number of likely N-dealkylation sites (tertiary alicyclic amines) is 1. The highest BCUT2D eigenvalue weighted by Gasteiger charge is 2.48. The van der Waals surface area contributed by atoms with Crippen molar-refractivity contribution in [3.63, 3.8) is 0 Å². The number of methoxy groups -OCH3 is 1. The van der Waals surface area contributed by atoms with Crippen molar-refractivity contribution >= 4 is 17.8 Å². The number of urea groups is 1. The first-order chi connectivity index (χ1) is 10.3. The maximum atomic E-state index is 12.4. The Kier molecular flexibility index (Phi) is 4.44. The fraction of sp³-hybridized carbons (Fsp3) is 0.667. The van der Waals surface area contributed by atoms with Crippen molar-refractivity contribution in [2.24, 2.45) is 18.4 Å². The lowest BCUT2D eigenvalue weighted by Gasteiger charge is -2.24. The smallest absolute Gasteiger partial charge is 0.323 e. The topological polar surface area (TPSA) is 76.5 Å². The van der Waals surface area contributed by atoms with Crippen LogP contribution in [0.5, 0.6) is 0 Å². The molecule has 0 bridgehead atoms. The zero-order chi connectivity index (χ0) is 16.5. The summed E-state index contributed by atoms with van der Waals surface area (Å²) in [6, 6.07) is 1.64. The predicted octanol–water partition coefficient (Wildman–Crippen LogP) is 1.65. The van der Waals surface area contributed by atoms with Gasteiger partial charge < -0.3 is 9.64 Å². The van der Waals surface area contributed by atoms with Gasteiger partial charge in [-0.05, 0) is 19.3 Å². The minimum absolute atomic E-state index is 0.0449. The van der Waals surface area contributed by atoms with Gasteiger partial charge in [0.15, 0.2) is 0 Å². The summed E-state index contributed by atoms with van der Waals surface area (Å²) in [6.45, 7) is 6.69. The summed E-state index contributed by atoms with van der Waals surface area (Å²) >= 11 is 0. The Morgan fingerprint density at radius 2 is 2.23 bits per heavy atom. The maximum absolute atomic E-state index is 12.4. The average Bonchev–Trinajstić information content (AvgIpc) is 3.00. The van der Waals surface area contributed by atoms with Gasteiger partial charge in [0.25, 0.3) is 0 Å². The van der Waals surface area contributed by atoms with Crippen LogP contribution >= 0.6 is 0 Å². The first-order valence-electron chi connectivity index (χ1n) is 7.49. The molecule has 1 aliphatic heterocycles. The van der Waals surface area contributed by atoms with Crippen molar-refractivity contribution in [2.45, 2.75) is 27.2 Å². The first-order valence-corrected chi connectivity index (χ1v) is 7.49. The number of carbonyl (C=O) groups is 2. The average molecular weight is 308 g/mol. The van der Waals surface area contributed by atoms with E-state index in [1.54, 1.807) is 16.6 Å². The molecule has 2 atom stereocenters. The van der Waals surface area contributed by atoms with E-state index in [1.165, 1.54) is 7.11 Å². The molecule has 1 aromatic heterocycles. The van der Waals surface area contributed by atoms with Gasteiger partial charge in [-0.1, -0.05) is 13.8 Å². The van der Waals surface area contributed by atoms with Gasteiger partial charge in [-0.15, -0.1) is 0 Å². The Morgan fingerprint density at radius 3 is 2.77 bits per heavy atom. The van der Waals surface area contributed by atoms with E-state index in [9.17, 15) is 9.59 Å². The highest BCUT2D eigenvalue weighted by molar-refractivity contribution is 5.90. The molecule has 7 nitrogen and oxygen atoms in total. The number of rotatable bonds is 3. The molecule has 2 amide bonds. The van der Waals surface area contributed by atoms with Gasteiger partial charge in [0, 0.05) is 26.2 Å². The van der Waals surface area contributed by atoms with E-state index in [2.05, 4.69) is 10.4 Å². The van der Waals surface area contributed by atoms with Gasteiger partial charge in [0.2, 0.25) is 0 Å². The Hall–Kier alpha value is -2.05. The summed E-state index contributed by atoms with van der Waals surface area (Å²) in [5.41, 5.74) is 0.264. The van der Waals surface area contributed by atoms with Crippen LogP contribution in [0.25, 0.3) is 0 Å². The molecule has 1 N–H and O–H groups in total. The summed E-state index contributed by atoms with van der Waals surface area (Å²) in [7, 11) is 3.17. The molecule has 122 valence electrons. The Balaban J connectivity index is 2.08. The van der Waals surface area contributed by atoms with Crippen LogP contribution in [0.4, 0.5) is 10.6 Å². The standard InChI is InChI=1S/C15H24N4O3/c1-6-11-7-12(18(4)17-11)16-14(21)19-8-10(2)15(3,9-19)13(20)22-5/h7,10H,6,8-9H2,1-5H3,(H,16,21)/t10-,15-/m1/s1. The molecule has 1 fully saturated rings. The van der Waals surface area contributed by atoms with Crippen LogP contribution in [0.1, 0.15) is 26.5 Å². The minimum Gasteiger partial charge on any atom is -0.469 e. The van der Waals surface area contributed by atoms with Crippen molar-refractivity contribution in [1.29, 1.82) is 0 Å². The van der Waals surface area contributed by atoms with E-state index in [0.717, 1.165) is 12.1 Å². The number of ether oxygens (including phenoxy) is 1. The van der Waals surface area contributed by atoms with Crippen LogP contribution in [-0.2, 0) is 23.0 Å². The van der Waals surface area contributed by atoms with Gasteiger partial charge in [-0.3, -0.25) is 14.8 Å². The fourth-order valence-electron chi connectivity index (χ4n) is 2.81. The largest absolute Gasteiger partial charge is 0.469 e. The molecule has 0 saturated carbocycles. The summed E-state index contributed by atoms with van der Waals surface area (Å²) in [5, 5.41) is 7.16. The third-order valence-corrected chi connectivity index (χ3v) is 4.57. The maximum Gasteiger partial charge on any atom is 0.323 e. The molecule has 2 rings (SSSR count). The quantitative estimate of drug-likeness (QED) is 0.861. The van der Waals surface area contributed by atoms with Crippen molar-refractivity contribution < 1.29 is 14.3 Å². The first kappa shape index (κ1) is 16.3. The molecule has 0 unspecified atom stereocenters. The molecule has 0 radical (unpaired) electrons. The van der Waals surface area contributed by atoms with E-state index < -0.39 is 5.41 Å². The van der Waals surface area contributed by atoms with E-state index in [4.69, 9.17) is 4.74 Å². The predicted molar refractivity (Wildman–Crippen MR) is 82.5 cm³/mol. The Morgan fingerprint density at radius 1 is 1.55 bits per heavy atom. The molecule has 7 heteroatoms. The van der Waals surface area contributed by atoms with Crippen LogP contribution in [0.3, 0.4) is 0 Å². The molecule has 2 heterocycles. The lowest BCUT2D eigenvalue weighted by molar-refractivity contribution is -0.152. The van der Waals surface area contributed by atoms with Crippen molar-refractivity contribution in [3.05, 3.63) is 11.8 Å². The second-order valence-corrected chi connectivity index (χ2v) is 6.12. The SMILES string of the molecule is CCc1cc(NC(=O)N2C[C@@H](C)[C@](C)(C(=O)OC)C2)n(C)n1. The van der Waals surface area contributed by atoms with Gasteiger partial charge >= 0.3 is 12.0 Å². The number of aryl methyl sites for hydroxylation is 2. The zero-order valence-electron chi connectivity index (χ0n) is 13.8. The fourth-order valence-corrected chi connectivity index (χ4v) is 2.81. The monoisotopic (exact) mass is 308 g/mol. The number of amides is 2. The number of nitrogens with one attached hydrogen (secondary N) is 1. The summed E-state index contributed by atoms with van der Waals surface area (Å²) in [5.74, 6) is 0.425. The zero-order valence-corrected chi connectivity index (χ0v) is 13.8. The number of anilines is 1. The molecule has 22 heavy (non-hydrogen) atoms. The van der Waals surface area contributed by atoms with Crippen LogP contribution in [0, 0.1) is 11.3 Å². The normalized spacial score (nSPS) is 24.4. The third-order valence-electron chi connectivity index (χ3n) is 4.57. The number of hydrogen-bond acceptors (Lipinski definition) is 4. The number of nitrogens with zero attached hydrogens (tertiary/aromatic N) is 3. The Labute approximate surface area is 130 Å². The Bertz CT molecular complexity index is 583. The molecule has 1 saturated heterocycles. The van der Waals surface area contributed by atoms with Crippen LogP contribution < -0.4 is 5.32 Å². The van der Waals surface area contributed by atoms with Crippen LogP contribution in [0.2, 0.25) is 0 Å². The van der Waals surface area contributed by atoms with Crippen molar-refractivity contribution in [2.75, 3.05) is 25.5 Å². The summed E-state index contributed by atoms with van der Waals surface area (Å²) < 4.78 is 6.53. The number of hydrogen-bond donors (Lipinski definition) is 1. The van der Waals surface area contributed by atoms with Crippen molar-refractivity contribution in [3.8, 4) is 0 Å². The molecule has 0 aliphatic carbocycles. The summed E-state index contributed by atoms with van der Waals surface area (Å²) in [4.78, 5) is 26.1. The van der Waals surface area contributed by atoms with Crippen LogP contribution in [0.15, 0.2) is 6.07 Å². The van der Waals surface area contributed by atoms with E-state index >= 15 is 0 Å². The number of esters is 1. The molecular weight excluding hydrogens is 284 g/mol. The highest BCUT2D eigenvalue weighted by Crippen LogP contribution is 2.36. The summed E-state index contributed by atoms with van der Waals surface area (Å²) in [6.07, 6.45) is 0.810. The van der Waals surface area contributed by atoms with Crippen molar-refractivity contribution in [1.82, 2.24) is 14.7 Å².